The Hall–Kier alpha value is -2.82. The molecule has 26 heavy (non-hydrogen) atoms. The summed E-state index contributed by atoms with van der Waals surface area (Å²) in [6.07, 6.45) is 7.75. The Kier molecular flexibility index (Phi) is 4.61. The van der Waals surface area contributed by atoms with Gasteiger partial charge in [0.15, 0.2) is 0 Å². The highest BCUT2D eigenvalue weighted by atomic mass is 16.5. The van der Waals surface area contributed by atoms with Crippen molar-refractivity contribution >= 4 is 17.2 Å². The lowest BCUT2D eigenvalue weighted by atomic mass is 10.0. The van der Waals surface area contributed by atoms with Gasteiger partial charge in [-0.05, 0) is 43.0 Å². The molecule has 0 saturated carbocycles. The first-order valence-corrected chi connectivity index (χ1v) is 9.14. The molecule has 3 aromatic rings. The van der Waals surface area contributed by atoms with E-state index in [9.17, 15) is 4.79 Å². The molecule has 5 nitrogen and oxygen atoms in total. The second-order valence-electron chi connectivity index (χ2n) is 6.73. The number of fused-ring (bicyclic) bond motifs is 1. The van der Waals surface area contributed by atoms with Crippen molar-refractivity contribution in [1.82, 2.24) is 9.61 Å². The number of pyridine rings is 1. The van der Waals surface area contributed by atoms with Crippen LogP contribution < -0.4 is 4.90 Å². The molecule has 0 amide bonds. The van der Waals surface area contributed by atoms with Gasteiger partial charge in [0.2, 0.25) is 0 Å². The Morgan fingerprint density at radius 1 is 1.15 bits per heavy atom. The molecule has 1 aliphatic heterocycles. The number of rotatable bonds is 4. The van der Waals surface area contributed by atoms with Crippen LogP contribution in [0.1, 0.15) is 24.8 Å². The summed E-state index contributed by atoms with van der Waals surface area (Å²) in [4.78, 5) is 14.2. The number of hydrogen-bond acceptors (Lipinski definition) is 4. The summed E-state index contributed by atoms with van der Waals surface area (Å²) in [6, 6.07) is 12.8. The van der Waals surface area contributed by atoms with Gasteiger partial charge in [-0.25, -0.2) is 4.52 Å². The van der Waals surface area contributed by atoms with Crippen LogP contribution in [0.4, 0.5) is 5.69 Å². The molecule has 0 spiro atoms. The number of anilines is 1. The number of carbonyl (C=O) groups is 1. The topological polar surface area (TPSA) is 46.8 Å². The fraction of sp³-hybridized carbons (Fsp3) is 0.333. The van der Waals surface area contributed by atoms with Crippen LogP contribution >= 0.6 is 0 Å². The van der Waals surface area contributed by atoms with Crippen molar-refractivity contribution in [2.24, 2.45) is 0 Å². The maximum Gasteiger partial charge on any atom is 0.310 e. The average molecular weight is 349 g/mol. The summed E-state index contributed by atoms with van der Waals surface area (Å²) in [5.74, 6) is -0.251. The van der Waals surface area contributed by atoms with E-state index >= 15 is 0 Å². The zero-order valence-electron chi connectivity index (χ0n) is 15.0. The van der Waals surface area contributed by atoms with E-state index in [1.54, 1.807) is 6.20 Å². The smallest absolute Gasteiger partial charge is 0.310 e. The number of esters is 1. The highest BCUT2D eigenvalue weighted by Gasteiger charge is 2.16. The molecular weight excluding hydrogens is 326 g/mol. The third-order valence-corrected chi connectivity index (χ3v) is 5.08. The molecule has 1 saturated heterocycles. The van der Waals surface area contributed by atoms with E-state index in [0.717, 1.165) is 29.7 Å². The number of methoxy groups -OCH3 is 1. The molecule has 0 radical (unpaired) electrons. The Bertz CT molecular complexity index is 926. The Labute approximate surface area is 153 Å². The van der Waals surface area contributed by atoms with Crippen molar-refractivity contribution in [3.8, 4) is 11.1 Å². The van der Waals surface area contributed by atoms with E-state index < -0.39 is 0 Å². The number of piperidine rings is 1. The van der Waals surface area contributed by atoms with Crippen LogP contribution in [-0.4, -0.2) is 35.8 Å². The highest BCUT2D eigenvalue weighted by Crippen LogP contribution is 2.33. The van der Waals surface area contributed by atoms with Gasteiger partial charge in [-0.15, -0.1) is 0 Å². The lowest BCUT2D eigenvalue weighted by Crippen LogP contribution is -2.29. The normalized spacial score (nSPS) is 14.6. The van der Waals surface area contributed by atoms with Crippen LogP contribution in [0.2, 0.25) is 0 Å². The number of para-hydroxylation sites is 1. The van der Waals surface area contributed by atoms with E-state index in [1.807, 2.05) is 10.7 Å². The number of ether oxygens (including phenoxy) is 1. The Morgan fingerprint density at radius 2 is 1.96 bits per heavy atom. The molecule has 0 unspecified atom stereocenters. The predicted molar refractivity (Wildman–Crippen MR) is 102 cm³/mol. The van der Waals surface area contributed by atoms with Crippen LogP contribution in [0, 0.1) is 0 Å². The molecule has 5 heteroatoms. The zero-order chi connectivity index (χ0) is 17.9. The van der Waals surface area contributed by atoms with Crippen molar-refractivity contribution in [2.45, 2.75) is 25.7 Å². The second-order valence-corrected chi connectivity index (χ2v) is 6.73. The zero-order valence-corrected chi connectivity index (χ0v) is 15.0. The second kappa shape index (κ2) is 7.20. The van der Waals surface area contributed by atoms with E-state index in [2.05, 4.69) is 46.4 Å². The van der Waals surface area contributed by atoms with Crippen LogP contribution in [0.25, 0.3) is 16.6 Å². The number of nitrogens with zero attached hydrogens (tertiary/aromatic N) is 3. The molecule has 1 aliphatic rings. The summed E-state index contributed by atoms with van der Waals surface area (Å²) < 4.78 is 6.61. The van der Waals surface area contributed by atoms with Gasteiger partial charge in [-0.3, -0.25) is 4.79 Å². The van der Waals surface area contributed by atoms with Gasteiger partial charge in [0.1, 0.15) is 0 Å². The number of carbonyl (C=O) groups excluding carboxylic acids is 1. The first-order chi connectivity index (χ1) is 12.8. The van der Waals surface area contributed by atoms with Crippen molar-refractivity contribution < 1.29 is 9.53 Å². The molecule has 1 aromatic carbocycles. The third kappa shape index (κ3) is 3.17. The third-order valence-electron chi connectivity index (χ3n) is 5.08. The van der Waals surface area contributed by atoms with Crippen molar-refractivity contribution in [2.75, 3.05) is 25.1 Å². The number of aromatic nitrogens is 2. The fourth-order valence-electron chi connectivity index (χ4n) is 3.69. The first-order valence-electron chi connectivity index (χ1n) is 9.14. The molecule has 0 N–H and O–H groups in total. The lowest BCUT2D eigenvalue weighted by molar-refractivity contribution is -0.139. The van der Waals surface area contributed by atoms with E-state index in [4.69, 9.17) is 4.74 Å². The van der Waals surface area contributed by atoms with Crippen LogP contribution in [-0.2, 0) is 16.0 Å². The molecule has 2 aromatic heterocycles. The van der Waals surface area contributed by atoms with Gasteiger partial charge in [0.05, 0.1) is 25.2 Å². The molecule has 3 heterocycles. The quantitative estimate of drug-likeness (QED) is 0.674. The monoisotopic (exact) mass is 349 g/mol. The molecule has 4 rings (SSSR count). The van der Waals surface area contributed by atoms with Crippen molar-refractivity contribution in [1.29, 1.82) is 0 Å². The van der Waals surface area contributed by atoms with E-state index in [-0.39, 0.29) is 12.4 Å². The summed E-state index contributed by atoms with van der Waals surface area (Å²) in [5.41, 5.74) is 5.48. The summed E-state index contributed by atoms with van der Waals surface area (Å²) >= 11 is 0. The summed E-state index contributed by atoms with van der Waals surface area (Å²) in [6.45, 7) is 2.22. The largest absolute Gasteiger partial charge is 0.469 e. The maximum absolute atomic E-state index is 11.7. The van der Waals surface area contributed by atoms with E-state index in [1.165, 1.54) is 37.6 Å². The van der Waals surface area contributed by atoms with Gasteiger partial charge in [0, 0.05) is 36.1 Å². The SMILES string of the molecule is COC(=O)Cc1cnn2ccc(-c3ccccc3N3CCCCC3)cc12. The predicted octanol–water partition coefficient (Wildman–Crippen LogP) is 3.71. The van der Waals surface area contributed by atoms with Gasteiger partial charge in [-0.2, -0.15) is 5.10 Å². The standard InChI is InChI=1S/C21H23N3O2/c1-26-21(25)14-17-15-22-24-12-9-16(13-20(17)24)18-7-3-4-8-19(18)23-10-5-2-6-11-23/h3-4,7-9,12-13,15H,2,5-6,10-11,14H2,1H3. The fourth-order valence-corrected chi connectivity index (χ4v) is 3.69. The van der Waals surface area contributed by atoms with E-state index in [0.29, 0.717) is 0 Å². The lowest BCUT2D eigenvalue weighted by Gasteiger charge is -2.30. The molecule has 134 valence electrons. The number of hydrogen-bond donors (Lipinski definition) is 0. The van der Waals surface area contributed by atoms with Crippen LogP contribution in [0.3, 0.4) is 0 Å². The van der Waals surface area contributed by atoms with Gasteiger partial charge < -0.3 is 9.64 Å². The minimum absolute atomic E-state index is 0.233. The summed E-state index contributed by atoms with van der Waals surface area (Å²) in [7, 11) is 1.41. The van der Waals surface area contributed by atoms with Gasteiger partial charge in [-0.1, -0.05) is 18.2 Å². The number of benzene rings is 1. The minimum atomic E-state index is -0.251. The van der Waals surface area contributed by atoms with Gasteiger partial charge in [0.25, 0.3) is 0 Å². The van der Waals surface area contributed by atoms with Crippen molar-refractivity contribution in [3.05, 3.63) is 54.4 Å². The summed E-state index contributed by atoms with van der Waals surface area (Å²) in [5, 5.41) is 4.35. The average Bonchev–Trinajstić information content (AvgIpc) is 3.10. The highest BCUT2D eigenvalue weighted by molar-refractivity contribution is 5.82. The Balaban J connectivity index is 1.75. The molecular formula is C21H23N3O2. The molecule has 0 aliphatic carbocycles. The first kappa shape index (κ1) is 16.6. The Morgan fingerprint density at radius 3 is 2.77 bits per heavy atom. The minimum Gasteiger partial charge on any atom is -0.469 e. The molecule has 1 fully saturated rings. The van der Waals surface area contributed by atoms with Crippen LogP contribution in [0.5, 0.6) is 0 Å². The maximum atomic E-state index is 11.7. The molecule has 0 bridgehead atoms. The molecule has 0 atom stereocenters. The van der Waals surface area contributed by atoms with Crippen LogP contribution in [0.15, 0.2) is 48.8 Å². The van der Waals surface area contributed by atoms with Crippen molar-refractivity contribution in [3.63, 3.8) is 0 Å². The van der Waals surface area contributed by atoms with Gasteiger partial charge >= 0.3 is 5.97 Å².